The molecule has 3 N–H and O–H groups in total. The SMILES string of the molecule is C[C@]1(NC(=O)c2ccccc2)CN(C(=O)O)[C@](Cc2ccccc2)(C(=O)O)C1. The van der Waals surface area contributed by atoms with Crippen molar-refractivity contribution < 1.29 is 24.6 Å². The van der Waals surface area contributed by atoms with Crippen molar-refractivity contribution in [3.8, 4) is 0 Å². The van der Waals surface area contributed by atoms with Crippen LogP contribution >= 0.6 is 0 Å². The zero-order valence-corrected chi connectivity index (χ0v) is 15.5. The van der Waals surface area contributed by atoms with E-state index in [1.807, 2.05) is 6.07 Å². The van der Waals surface area contributed by atoms with Crippen LogP contribution in [0.5, 0.6) is 0 Å². The van der Waals surface area contributed by atoms with Crippen LogP contribution in [0, 0.1) is 0 Å². The van der Waals surface area contributed by atoms with Crippen molar-refractivity contribution in [3.63, 3.8) is 0 Å². The molecule has 0 aliphatic carbocycles. The minimum absolute atomic E-state index is 0.0201. The van der Waals surface area contributed by atoms with E-state index in [0.717, 1.165) is 10.5 Å². The van der Waals surface area contributed by atoms with Gasteiger partial charge in [-0.3, -0.25) is 9.69 Å². The van der Waals surface area contributed by atoms with Crippen LogP contribution in [0.15, 0.2) is 60.7 Å². The van der Waals surface area contributed by atoms with Gasteiger partial charge in [0.15, 0.2) is 0 Å². The van der Waals surface area contributed by atoms with Crippen LogP contribution in [-0.4, -0.2) is 50.7 Å². The molecular weight excluding hydrogens is 360 g/mol. The van der Waals surface area contributed by atoms with Gasteiger partial charge < -0.3 is 15.5 Å². The fourth-order valence-electron chi connectivity index (χ4n) is 3.93. The Morgan fingerprint density at radius 2 is 1.57 bits per heavy atom. The molecule has 0 saturated carbocycles. The van der Waals surface area contributed by atoms with E-state index in [4.69, 9.17) is 0 Å². The Kier molecular flexibility index (Phi) is 5.09. The van der Waals surface area contributed by atoms with Crippen molar-refractivity contribution in [1.29, 1.82) is 0 Å². The van der Waals surface area contributed by atoms with Crippen LogP contribution in [-0.2, 0) is 11.2 Å². The molecule has 2 amide bonds. The molecule has 2 aromatic carbocycles. The Morgan fingerprint density at radius 1 is 1.00 bits per heavy atom. The lowest BCUT2D eigenvalue weighted by Gasteiger charge is -2.32. The molecule has 0 spiro atoms. The number of nitrogens with zero attached hydrogens (tertiary/aromatic N) is 1. The summed E-state index contributed by atoms with van der Waals surface area (Å²) in [5.41, 5.74) is -1.53. The fourth-order valence-corrected chi connectivity index (χ4v) is 3.93. The van der Waals surface area contributed by atoms with E-state index in [1.54, 1.807) is 61.5 Å². The first kappa shape index (κ1) is 19.4. The number of hydrogen-bond acceptors (Lipinski definition) is 3. The Labute approximate surface area is 162 Å². The molecule has 1 aliphatic heterocycles. The summed E-state index contributed by atoms with van der Waals surface area (Å²) in [5, 5.41) is 22.6. The Hall–Kier alpha value is -3.35. The predicted octanol–water partition coefficient (Wildman–Crippen LogP) is 2.62. The molecule has 2 aromatic rings. The summed E-state index contributed by atoms with van der Waals surface area (Å²) in [7, 11) is 0. The standard InChI is InChI=1S/C21H22N2O5/c1-20(22-17(24)16-10-6-3-7-11-16)13-21(18(25)26,23(14-20)19(27)28)12-15-8-4-2-5-9-15/h2-11H,12-14H2,1H3,(H,22,24)(H,25,26)(H,27,28)/t20-,21+/m1/s1. The Balaban J connectivity index is 1.92. The van der Waals surface area contributed by atoms with Gasteiger partial charge in [-0.25, -0.2) is 9.59 Å². The Morgan fingerprint density at radius 3 is 2.11 bits per heavy atom. The van der Waals surface area contributed by atoms with Crippen molar-refractivity contribution in [1.82, 2.24) is 10.2 Å². The summed E-state index contributed by atoms with van der Waals surface area (Å²) < 4.78 is 0. The Bertz CT molecular complexity index is 886. The van der Waals surface area contributed by atoms with Gasteiger partial charge in [-0.2, -0.15) is 0 Å². The van der Waals surface area contributed by atoms with Gasteiger partial charge in [0, 0.05) is 24.9 Å². The molecule has 0 bridgehead atoms. The molecule has 146 valence electrons. The third-order valence-corrected chi connectivity index (χ3v) is 5.13. The fraction of sp³-hybridized carbons (Fsp3) is 0.286. The van der Waals surface area contributed by atoms with E-state index < -0.39 is 23.1 Å². The highest BCUT2D eigenvalue weighted by Crippen LogP contribution is 2.39. The molecule has 1 saturated heterocycles. The molecule has 1 fully saturated rings. The summed E-state index contributed by atoms with van der Waals surface area (Å²) >= 11 is 0. The third kappa shape index (κ3) is 3.69. The van der Waals surface area contributed by atoms with E-state index in [9.17, 15) is 24.6 Å². The number of nitrogens with one attached hydrogen (secondary N) is 1. The number of benzene rings is 2. The second kappa shape index (κ2) is 7.34. The summed E-state index contributed by atoms with van der Waals surface area (Å²) in [6.45, 7) is 1.57. The van der Waals surface area contributed by atoms with Gasteiger partial charge in [-0.05, 0) is 24.6 Å². The third-order valence-electron chi connectivity index (χ3n) is 5.13. The first-order valence-electron chi connectivity index (χ1n) is 8.91. The molecule has 3 rings (SSSR count). The molecule has 1 heterocycles. The number of carbonyl (C=O) groups is 3. The summed E-state index contributed by atoms with van der Waals surface area (Å²) in [4.78, 5) is 37.7. The molecule has 28 heavy (non-hydrogen) atoms. The summed E-state index contributed by atoms with van der Waals surface area (Å²) in [5.74, 6) is -1.59. The smallest absolute Gasteiger partial charge is 0.408 e. The largest absolute Gasteiger partial charge is 0.479 e. The number of carboxylic acids is 1. The van der Waals surface area contributed by atoms with Crippen LogP contribution in [0.2, 0.25) is 0 Å². The highest BCUT2D eigenvalue weighted by Gasteiger charge is 2.58. The first-order chi connectivity index (χ1) is 13.3. The van der Waals surface area contributed by atoms with E-state index in [1.165, 1.54) is 0 Å². The molecule has 7 heteroatoms. The zero-order valence-electron chi connectivity index (χ0n) is 15.5. The molecule has 7 nitrogen and oxygen atoms in total. The van der Waals surface area contributed by atoms with Gasteiger partial charge in [0.2, 0.25) is 0 Å². The van der Waals surface area contributed by atoms with Gasteiger partial charge in [0.1, 0.15) is 5.54 Å². The minimum atomic E-state index is -1.66. The summed E-state index contributed by atoms with van der Waals surface area (Å²) in [6, 6.07) is 17.4. The lowest BCUT2D eigenvalue weighted by molar-refractivity contribution is -0.148. The van der Waals surface area contributed by atoms with Crippen LogP contribution < -0.4 is 5.32 Å². The van der Waals surface area contributed by atoms with E-state index in [-0.39, 0.29) is 25.3 Å². The number of rotatable bonds is 5. The maximum Gasteiger partial charge on any atom is 0.408 e. The van der Waals surface area contributed by atoms with Crippen molar-refractivity contribution in [3.05, 3.63) is 71.8 Å². The summed E-state index contributed by atoms with van der Waals surface area (Å²) in [6.07, 6.45) is -1.34. The van der Waals surface area contributed by atoms with Gasteiger partial charge in [0.25, 0.3) is 5.91 Å². The van der Waals surface area contributed by atoms with Crippen molar-refractivity contribution >= 4 is 18.0 Å². The number of likely N-dealkylation sites (tertiary alicyclic amines) is 1. The molecule has 2 atom stereocenters. The van der Waals surface area contributed by atoms with Gasteiger partial charge >= 0.3 is 12.1 Å². The monoisotopic (exact) mass is 382 g/mol. The van der Waals surface area contributed by atoms with Crippen molar-refractivity contribution in [2.75, 3.05) is 6.54 Å². The molecule has 0 unspecified atom stereocenters. The number of carbonyl (C=O) groups excluding carboxylic acids is 1. The van der Waals surface area contributed by atoms with Gasteiger partial charge in [-0.15, -0.1) is 0 Å². The van der Waals surface area contributed by atoms with E-state index in [0.29, 0.717) is 5.56 Å². The minimum Gasteiger partial charge on any atom is -0.479 e. The van der Waals surface area contributed by atoms with Crippen molar-refractivity contribution in [2.45, 2.75) is 30.8 Å². The second-order valence-electron chi connectivity index (χ2n) is 7.43. The number of hydrogen-bond donors (Lipinski definition) is 3. The van der Waals surface area contributed by atoms with Gasteiger partial charge in [-0.1, -0.05) is 48.5 Å². The van der Waals surface area contributed by atoms with Crippen LogP contribution in [0.25, 0.3) is 0 Å². The molecular formula is C21H22N2O5. The second-order valence-corrected chi connectivity index (χ2v) is 7.43. The predicted molar refractivity (Wildman–Crippen MR) is 102 cm³/mol. The van der Waals surface area contributed by atoms with E-state index in [2.05, 4.69) is 5.32 Å². The zero-order chi connectivity index (χ0) is 20.4. The molecule has 0 aromatic heterocycles. The van der Waals surface area contributed by atoms with Crippen molar-refractivity contribution in [2.24, 2.45) is 0 Å². The maximum atomic E-state index is 12.6. The highest BCUT2D eigenvalue weighted by molar-refractivity contribution is 5.95. The van der Waals surface area contributed by atoms with Crippen LogP contribution in [0.3, 0.4) is 0 Å². The average molecular weight is 382 g/mol. The quantitative estimate of drug-likeness (QED) is 0.737. The lowest BCUT2D eigenvalue weighted by atomic mass is 9.83. The van der Waals surface area contributed by atoms with Gasteiger partial charge in [0.05, 0.1) is 5.54 Å². The molecule has 0 radical (unpaired) electrons. The maximum absolute atomic E-state index is 12.6. The number of amides is 2. The highest BCUT2D eigenvalue weighted by atomic mass is 16.4. The average Bonchev–Trinajstić information content (AvgIpc) is 2.97. The molecule has 1 aliphatic rings. The van der Waals surface area contributed by atoms with Crippen LogP contribution in [0.1, 0.15) is 29.3 Å². The number of aliphatic carboxylic acids is 1. The topological polar surface area (TPSA) is 107 Å². The van der Waals surface area contributed by atoms with Crippen LogP contribution in [0.4, 0.5) is 4.79 Å². The number of carboxylic acid groups (broad SMARTS) is 2. The lowest BCUT2D eigenvalue weighted by Crippen LogP contribution is -2.54. The normalized spacial score (nSPS) is 24.0. The first-order valence-corrected chi connectivity index (χ1v) is 8.91. The van der Waals surface area contributed by atoms with E-state index >= 15 is 0 Å².